The van der Waals surface area contributed by atoms with Crippen molar-refractivity contribution in [2.24, 2.45) is 5.92 Å². The minimum atomic E-state index is -1.20. The van der Waals surface area contributed by atoms with E-state index in [1.807, 2.05) is 105 Å². The van der Waals surface area contributed by atoms with Crippen LogP contribution >= 0.6 is 11.3 Å². The number of aliphatic hydroxyl groups excluding tert-OH is 1. The molecular formula is C42H48N6O6S. The van der Waals surface area contributed by atoms with Crippen LogP contribution in [0.1, 0.15) is 49.2 Å². The highest BCUT2D eigenvalue weighted by atomic mass is 32.1. The Hall–Kier alpha value is -5.66. The molecule has 4 atom stereocenters. The highest BCUT2D eigenvalue weighted by Gasteiger charge is 2.32. The second kappa shape index (κ2) is 20.7. The Morgan fingerprint density at radius 2 is 1.51 bits per heavy atom. The number of benzene rings is 3. The molecule has 0 radical (unpaired) electrons. The molecule has 13 heteroatoms. The number of fused-ring (bicyclic) bond motifs is 1. The molecule has 0 saturated heterocycles. The van der Waals surface area contributed by atoms with Gasteiger partial charge in [0.15, 0.2) is 0 Å². The van der Waals surface area contributed by atoms with Crippen molar-refractivity contribution in [1.82, 2.24) is 31.2 Å². The van der Waals surface area contributed by atoms with E-state index in [0.717, 1.165) is 27.6 Å². The van der Waals surface area contributed by atoms with Gasteiger partial charge in [-0.15, -0.1) is 11.3 Å². The van der Waals surface area contributed by atoms with E-state index < -0.39 is 42.1 Å². The molecule has 5 aromatic rings. The highest BCUT2D eigenvalue weighted by molar-refractivity contribution is 7.07. The molecule has 12 nitrogen and oxygen atoms in total. The number of thiazole rings is 1. The van der Waals surface area contributed by atoms with Gasteiger partial charge < -0.3 is 31.1 Å². The molecule has 0 fully saturated rings. The lowest BCUT2D eigenvalue weighted by Gasteiger charge is -2.29. The summed E-state index contributed by atoms with van der Waals surface area (Å²) in [6, 6.07) is 25.2. The molecule has 2 unspecified atom stereocenters. The zero-order valence-corrected chi connectivity index (χ0v) is 31.8. The lowest BCUT2D eigenvalue weighted by atomic mass is 9.96. The van der Waals surface area contributed by atoms with Crippen molar-refractivity contribution >= 4 is 45.9 Å². The largest absolute Gasteiger partial charge is 0.445 e. The number of nitrogens with zero attached hydrogens (tertiary/aromatic N) is 2. The number of nitrogens with one attached hydrogen (secondary N) is 4. The Morgan fingerprint density at radius 1 is 0.782 bits per heavy atom. The summed E-state index contributed by atoms with van der Waals surface area (Å²) >= 11 is 1.35. The van der Waals surface area contributed by atoms with Crippen LogP contribution in [0.25, 0.3) is 10.8 Å². The number of carbonyl (C=O) groups is 4. The SMILES string of the molecule is CC(C)CC(NC(=O)[C@H](Cc1cscn1)NC(=O)[C@H](Cc1cccc2ccccc12)NC(=O)OCc1ccccc1)C(O)CC(=O)NCCc1ccccn1. The first kappa shape index (κ1) is 40.5. The molecule has 0 saturated carbocycles. The molecule has 0 bridgehead atoms. The number of amides is 4. The maximum atomic E-state index is 14.2. The van der Waals surface area contributed by atoms with E-state index in [-0.39, 0.29) is 37.7 Å². The number of pyridine rings is 1. The number of hydrogen-bond donors (Lipinski definition) is 5. The second-order valence-electron chi connectivity index (χ2n) is 13.8. The first-order valence-electron chi connectivity index (χ1n) is 18.4. The molecular weight excluding hydrogens is 717 g/mol. The van der Waals surface area contributed by atoms with Gasteiger partial charge in [-0.2, -0.15) is 0 Å². The summed E-state index contributed by atoms with van der Waals surface area (Å²) in [4.78, 5) is 62.8. The Labute approximate surface area is 325 Å². The predicted molar refractivity (Wildman–Crippen MR) is 212 cm³/mol. The van der Waals surface area contributed by atoms with Gasteiger partial charge in [-0.3, -0.25) is 19.4 Å². The Morgan fingerprint density at radius 3 is 2.25 bits per heavy atom. The topological polar surface area (TPSA) is 172 Å². The van der Waals surface area contributed by atoms with Crippen LogP contribution < -0.4 is 21.3 Å². The fraction of sp³-hybridized carbons (Fsp3) is 0.333. The maximum absolute atomic E-state index is 14.2. The normalized spacial score (nSPS) is 13.3. The fourth-order valence-electron chi connectivity index (χ4n) is 6.22. The third kappa shape index (κ3) is 13.0. The zero-order chi connectivity index (χ0) is 39.0. The second-order valence-corrected chi connectivity index (χ2v) is 14.5. The van der Waals surface area contributed by atoms with Crippen LogP contribution in [0.15, 0.2) is 108 Å². The molecule has 0 aliphatic rings. The molecule has 4 amide bonds. The maximum Gasteiger partial charge on any atom is 0.408 e. The van der Waals surface area contributed by atoms with E-state index in [9.17, 15) is 24.3 Å². The smallest absolute Gasteiger partial charge is 0.408 e. The average molecular weight is 765 g/mol. The van der Waals surface area contributed by atoms with Crippen LogP contribution in [0.4, 0.5) is 4.79 Å². The molecule has 2 heterocycles. The van der Waals surface area contributed by atoms with Gasteiger partial charge >= 0.3 is 6.09 Å². The molecule has 3 aromatic carbocycles. The first-order valence-corrected chi connectivity index (χ1v) is 19.3. The summed E-state index contributed by atoms with van der Waals surface area (Å²) in [6.07, 6.45) is 0.554. The average Bonchev–Trinajstić information content (AvgIpc) is 3.70. The summed E-state index contributed by atoms with van der Waals surface area (Å²) in [7, 11) is 0. The summed E-state index contributed by atoms with van der Waals surface area (Å²) < 4.78 is 5.48. The van der Waals surface area contributed by atoms with Gasteiger partial charge in [0.05, 0.1) is 29.8 Å². The van der Waals surface area contributed by atoms with Gasteiger partial charge in [0.25, 0.3) is 0 Å². The van der Waals surface area contributed by atoms with Crippen LogP contribution in [0.5, 0.6) is 0 Å². The molecule has 0 aliphatic heterocycles. The predicted octanol–water partition coefficient (Wildman–Crippen LogP) is 4.90. The summed E-state index contributed by atoms with van der Waals surface area (Å²) in [5.74, 6) is -1.46. The summed E-state index contributed by atoms with van der Waals surface area (Å²) in [5.41, 5.74) is 4.66. The van der Waals surface area contributed by atoms with Crippen LogP contribution in [-0.2, 0) is 45.0 Å². The molecule has 0 aliphatic carbocycles. The van der Waals surface area contributed by atoms with Gasteiger partial charge in [0.2, 0.25) is 17.7 Å². The molecule has 5 rings (SSSR count). The lowest BCUT2D eigenvalue weighted by molar-refractivity contribution is -0.131. The van der Waals surface area contributed by atoms with Gasteiger partial charge in [0.1, 0.15) is 18.7 Å². The number of carbonyl (C=O) groups excluding carboxylic acids is 4. The van der Waals surface area contributed by atoms with Crippen molar-refractivity contribution in [2.45, 2.75) is 76.8 Å². The number of aromatic nitrogens is 2. The molecule has 288 valence electrons. The zero-order valence-electron chi connectivity index (χ0n) is 31.0. The van der Waals surface area contributed by atoms with Gasteiger partial charge in [0, 0.05) is 43.1 Å². The van der Waals surface area contributed by atoms with Crippen LogP contribution in [0, 0.1) is 5.92 Å². The summed E-state index contributed by atoms with van der Waals surface area (Å²) in [6.45, 7) is 4.26. The van der Waals surface area contributed by atoms with Crippen molar-refractivity contribution in [2.75, 3.05) is 6.54 Å². The number of aliphatic hydroxyl groups is 1. The van der Waals surface area contributed by atoms with Crippen LogP contribution in [0.2, 0.25) is 0 Å². The Bertz CT molecular complexity index is 1970. The molecule has 55 heavy (non-hydrogen) atoms. The van der Waals surface area contributed by atoms with E-state index in [0.29, 0.717) is 25.1 Å². The monoisotopic (exact) mass is 764 g/mol. The minimum Gasteiger partial charge on any atom is -0.445 e. The molecule has 2 aromatic heterocycles. The van der Waals surface area contributed by atoms with E-state index >= 15 is 0 Å². The highest BCUT2D eigenvalue weighted by Crippen LogP contribution is 2.20. The van der Waals surface area contributed by atoms with E-state index in [1.54, 1.807) is 17.1 Å². The van der Waals surface area contributed by atoms with E-state index in [1.165, 1.54) is 11.3 Å². The van der Waals surface area contributed by atoms with Gasteiger partial charge in [-0.1, -0.05) is 92.7 Å². The summed E-state index contributed by atoms with van der Waals surface area (Å²) in [5, 5.41) is 26.2. The standard InChI is InChI=1S/C42H48N6O6S/c1-28(2)21-35(38(49)24-39(50)44-20-18-32-16-8-9-19-43-32)46-41(52)37(23-33-26-55-27-45-33)47-40(51)36(48-42(53)54-25-29-11-4-3-5-12-29)22-31-15-10-14-30-13-6-7-17-34(30)31/h3-17,19,26-28,35-38,49H,18,20-25H2,1-2H3,(H,44,50)(H,46,52)(H,47,51)(H,48,53)/t35?,36-,37-,38?/m0/s1. The van der Waals surface area contributed by atoms with Crippen LogP contribution in [0.3, 0.4) is 0 Å². The number of ether oxygens (including phenoxy) is 1. The first-order chi connectivity index (χ1) is 26.6. The van der Waals surface area contributed by atoms with Crippen molar-refractivity contribution in [1.29, 1.82) is 0 Å². The Balaban J connectivity index is 1.30. The quantitative estimate of drug-likeness (QED) is 0.0791. The van der Waals surface area contributed by atoms with Gasteiger partial charge in [-0.05, 0) is 46.4 Å². The molecule has 5 N–H and O–H groups in total. The third-order valence-corrected chi connectivity index (χ3v) is 9.63. The van der Waals surface area contributed by atoms with Crippen molar-refractivity contribution in [3.8, 4) is 0 Å². The fourth-order valence-corrected chi connectivity index (χ4v) is 6.79. The van der Waals surface area contributed by atoms with E-state index in [4.69, 9.17) is 4.74 Å². The van der Waals surface area contributed by atoms with Crippen molar-refractivity contribution in [3.63, 3.8) is 0 Å². The number of alkyl carbamates (subject to hydrolysis) is 1. The number of hydrogen-bond acceptors (Lipinski definition) is 9. The third-order valence-electron chi connectivity index (χ3n) is 9.00. The van der Waals surface area contributed by atoms with Gasteiger partial charge in [-0.25, -0.2) is 9.78 Å². The number of rotatable bonds is 19. The van der Waals surface area contributed by atoms with Crippen molar-refractivity contribution < 1.29 is 29.0 Å². The lowest BCUT2D eigenvalue weighted by Crippen LogP contribution is -2.57. The van der Waals surface area contributed by atoms with E-state index in [2.05, 4.69) is 31.2 Å². The van der Waals surface area contributed by atoms with Crippen molar-refractivity contribution in [3.05, 3.63) is 131 Å². The minimum absolute atomic E-state index is 0.00591. The Kier molecular flexibility index (Phi) is 15.3. The molecule has 0 spiro atoms. The van der Waals surface area contributed by atoms with Crippen LogP contribution in [-0.4, -0.2) is 69.7 Å².